The van der Waals surface area contributed by atoms with Crippen LogP contribution in [0.15, 0.2) is 48.5 Å². The molecule has 1 N–H and O–H groups in total. The third-order valence-corrected chi connectivity index (χ3v) is 4.94. The molecular formula is C22H27ClN2O2. The Morgan fingerprint density at radius 3 is 2.56 bits per heavy atom. The van der Waals surface area contributed by atoms with Crippen LogP contribution in [-0.2, 0) is 11.3 Å². The van der Waals surface area contributed by atoms with Gasteiger partial charge in [0.05, 0.1) is 12.0 Å². The molecule has 27 heavy (non-hydrogen) atoms. The summed E-state index contributed by atoms with van der Waals surface area (Å²) in [6.45, 7) is 6.64. The first-order chi connectivity index (χ1) is 13.0. The number of rotatable bonds is 6. The summed E-state index contributed by atoms with van der Waals surface area (Å²) < 4.78 is 5.64. The van der Waals surface area contributed by atoms with Crippen LogP contribution in [0.3, 0.4) is 0 Å². The van der Waals surface area contributed by atoms with Gasteiger partial charge in [-0.25, -0.2) is 0 Å². The summed E-state index contributed by atoms with van der Waals surface area (Å²) >= 11 is 5.96. The number of amides is 1. The summed E-state index contributed by atoms with van der Waals surface area (Å²) in [4.78, 5) is 15.0. The van der Waals surface area contributed by atoms with E-state index < -0.39 is 0 Å². The number of nitrogens with zero attached hydrogens (tertiary/aromatic N) is 1. The van der Waals surface area contributed by atoms with E-state index in [2.05, 4.69) is 10.2 Å². The third kappa shape index (κ3) is 5.98. The molecule has 1 amide bonds. The topological polar surface area (TPSA) is 41.6 Å². The molecule has 4 nitrogen and oxygen atoms in total. The zero-order valence-electron chi connectivity index (χ0n) is 16.0. The van der Waals surface area contributed by atoms with Gasteiger partial charge in [-0.1, -0.05) is 23.7 Å². The van der Waals surface area contributed by atoms with Crippen LogP contribution in [0.1, 0.15) is 32.3 Å². The zero-order chi connectivity index (χ0) is 19.2. The molecule has 5 heteroatoms. The van der Waals surface area contributed by atoms with E-state index in [-0.39, 0.29) is 17.9 Å². The minimum absolute atomic E-state index is 0.0117. The molecule has 0 spiro atoms. The second-order valence-electron chi connectivity index (χ2n) is 7.38. The normalized spacial score (nSPS) is 17.7. The van der Waals surface area contributed by atoms with Crippen molar-refractivity contribution in [3.8, 4) is 5.75 Å². The lowest BCUT2D eigenvalue weighted by Gasteiger charge is -2.32. The number of halogens is 1. The van der Waals surface area contributed by atoms with E-state index in [1.54, 1.807) is 0 Å². The number of likely N-dealkylation sites (tertiary alicyclic amines) is 1. The number of carbonyl (C=O) groups is 1. The predicted octanol–water partition coefficient (Wildman–Crippen LogP) is 4.98. The molecule has 2 aromatic rings. The van der Waals surface area contributed by atoms with Crippen LogP contribution in [0.5, 0.6) is 5.75 Å². The van der Waals surface area contributed by atoms with Crippen LogP contribution in [0.25, 0.3) is 0 Å². The molecule has 0 radical (unpaired) electrons. The maximum Gasteiger partial charge on any atom is 0.228 e. The first kappa shape index (κ1) is 19.7. The summed E-state index contributed by atoms with van der Waals surface area (Å²) in [6, 6.07) is 15.5. The second kappa shape index (κ2) is 9.25. The molecule has 0 bridgehead atoms. The van der Waals surface area contributed by atoms with Gasteiger partial charge in [0.2, 0.25) is 5.91 Å². The average molecular weight is 387 g/mol. The summed E-state index contributed by atoms with van der Waals surface area (Å²) in [5, 5.41) is 3.79. The van der Waals surface area contributed by atoms with Crippen molar-refractivity contribution >= 4 is 23.2 Å². The lowest BCUT2D eigenvalue weighted by molar-refractivity contribution is -0.121. The van der Waals surface area contributed by atoms with Gasteiger partial charge in [-0.15, -0.1) is 0 Å². The van der Waals surface area contributed by atoms with Crippen LogP contribution < -0.4 is 10.1 Å². The molecule has 0 saturated carbocycles. The minimum atomic E-state index is 0.0117. The van der Waals surface area contributed by atoms with Crippen molar-refractivity contribution in [3.05, 3.63) is 59.1 Å². The fourth-order valence-electron chi connectivity index (χ4n) is 3.39. The average Bonchev–Trinajstić information content (AvgIpc) is 2.65. The van der Waals surface area contributed by atoms with E-state index in [0.29, 0.717) is 0 Å². The summed E-state index contributed by atoms with van der Waals surface area (Å²) in [5.74, 6) is 0.917. The molecule has 1 unspecified atom stereocenters. The Morgan fingerprint density at radius 2 is 1.89 bits per heavy atom. The number of benzene rings is 2. The molecule has 1 heterocycles. The minimum Gasteiger partial charge on any atom is -0.491 e. The Morgan fingerprint density at radius 1 is 1.19 bits per heavy atom. The molecule has 0 aromatic heterocycles. The lowest BCUT2D eigenvalue weighted by atomic mass is 9.96. The Balaban J connectivity index is 1.54. The number of nitrogens with one attached hydrogen (secondary N) is 1. The number of carbonyl (C=O) groups excluding carboxylic acids is 1. The molecule has 0 aliphatic carbocycles. The molecule has 144 valence electrons. The van der Waals surface area contributed by atoms with Gasteiger partial charge < -0.3 is 10.1 Å². The fraction of sp³-hybridized carbons (Fsp3) is 0.409. The molecule has 1 aliphatic heterocycles. The Kier molecular flexibility index (Phi) is 6.75. The molecular weight excluding hydrogens is 360 g/mol. The van der Waals surface area contributed by atoms with Crippen LogP contribution >= 0.6 is 11.6 Å². The van der Waals surface area contributed by atoms with Gasteiger partial charge >= 0.3 is 0 Å². The number of hydrogen-bond acceptors (Lipinski definition) is 3. The van der Waals surface area contributed by atoms with Crippen molar-refractivity contribution in [2.24, 2.45) is 5.92 Å². The smallest absolute Gasteiger partial charge is 0.228 e. The van der Waals surface area contributed by atoms with E-state index in [9.17, 15) is 4.79 Å². The number of hydrogen-bond donors (Lipinski definition) is 1. The van der Waals surface area contributed by atoms with Gasteiger partial charge in [0, 0.05) is 23.8 Å². The largest absolute Gasteiger partial charge is 0.491 e. The molecule has 1 aliphatic rings. The lowest BCUT2D eigenvalue weighted by Crippen LogP contribution is -2.40. The van der Waals surface area contributed by atoms with Gasteiger partial charge in [0.1, 0.15) is 5.75 Å². The highest BCUT2D eigenvalue weighted by molar-refractivity contribution is 6.30. The standard InChI is InChI=1S/C22H27ClN2O2/c1-16(2)27-21-11-9-20(10-12-21)24-22(26)18-4-3-13-25(15-18)14-17-5-7-19(23)8-6-17/h5-12,16,18H,3-4,13-15H2,1-2H3,(H,24,26). The van der Waals surface area contributed by atoms with E-state index >= 15 is 0 Å². The van der Waals surface area contributed by atoms with Crippen LogP contribution in [0, 0.1) is 5.92 Å². The molecule has 3 rings (SSSR count). The van der Waals surface area contributed by atoms with E-state index in [1.165, 1.54) is 5.56 Å². The number of ether oxygens (including phenoxy) is 1. The highest BCUT2D eigenvalue weighted by Gasteiger charge is 2.25. The van der Waals surface area contributed by atoms with Gasteiger partial charge in [0.25, 0.3) is 0 Å². The Bertz CT molecular complexity index is 744. The summed E-state index contributed by atoms with van der Waals surface area (Å²) in [7, 11) is 0. The second-order valence-corrected chi connectivity index (χ2v) is 7.82. The predicted molar refractivity (Wildman–Crippen MR) is 110 cm³/mol. The van der Waals surface area contributed by atoms with Gasteiger partial charge in [-0.3, -0.25) is 9.69 Å². The first-order valence-corrected chi connectivity index (χ1v) is 9.92. The molecule has 2 aromatic carbocycles. The van der Waals surface area contributed by atoms with Crippen molar-refractivity contribution in [3.63, 3.8) is 0 Å². The summed E-state index contributed by atoms with van der Waals surface area (Å²) in [5.41, 5.74) is 2.03. The van der Waals surface area contributed by atoms with E-state index in [1.807, 2.05) is 62.4 Å². The maximum atomic E-state index is 12.7. The molecule has 1 saturated heterocycles. The van der Waals surface area contributed by atoms with Crippen molar-refractivity contribution in [1.82, 2.24) is 4.90 Å². The zero-order valence-corrected chi connectivity index (χ0v) is 16.7. The highest BCUT2D eigenvalue weighted by atomic mass is 35.5. The van der Waals surface area contributed by atoms with Gasteiger partial charge in [-0.05, 0) is 75.2 Å². The van der Waals surface area contributed by atoms with Gasteiger partial charge in [0.15, 0.2) is 0 Å². The third-order valence-electron chi connectivity index (χ3n) is 4.69. The van der Waals surface area contributed by atoms with Crippen LogP contribution in [0.4, 0.5) is 5.69 Å². The first-order valence-electron chi connectivity index (χ1n) is 9.54. The fourth-order valence-corrected chi connectivity index (χ4v) is 3.52. The number of anilines is 1. The molecule has 1 fully saturated rings. The van der Waals surface area contributed by atoms with E-state index in [4.69, 9.17) is 16.3 Å². The number of piperidine rings is 1. The van der Waals surface area contributed by atoms with Crippen LogP contribution in [-0.4, -0.2) is 30.0 Å². The van der Waals surface area contributed by atoms with Crippen molar-refractivity contribution < 1.29 is 9.53 Å². The van der Waals surface area contributed by atoms with Crippen molar-refractivity contribution in [2.75, 3.05) is 18.4 Å². The van der Waals surface area contributed by atoms with Gasteiger partial charge in [-0.2, -0.15) is 0 Å². The highest BCUT2D eigenvalue weighted by Crippen LogP contribution is 2.22. The van der Waals surface area contributed by atoms with E-state index in [0.717, 1.165) is 48.9 Å². The quantitative estimate of drug-likeness (QED) is 0.761. The molecule has 1 atom stereocenters. The Hall–Kier alpha value is -2.04. The summed E-state index contributed by atoms with van der Waals surface area (Å²) in [6.07, 6.45) is 2.10. The van der Waals surface area contributed by atoms with Crippen LogP contribution in [0.2, 0.25) is 5.02 Å². The SMILES string of the molecule is CC(C)Oc1ccc(NC(=O)C2CCCN(Cc3ccc(Cl)cc3)C2)cc1. The monoisotopic (exact) mass is 386 g/mol. The Labute approximate surface area is 166 Å². The van der Waals surface area contributed by atoms with Crippen molar-refractivity contribution in [2.45, 2.75) is 39.3 Å². The maximum absolute atomic E-state index is 12.7. The van der Waals surface area contributed by atoms with Crippen molar-refractivity contribution in [1.29, 1.82) is 0 Å².